The summed E-state index contributed by atoms with van der Waals surface area (Å²) in [4.78, 5) is 33.8. The van der Waals surface area contributed by atoms with Crippen molar-refractivity contribution >= 4 is 17.8 Å². The standard InChI is InChI=1S/C12H20N2O6/c13-7-12(3-5-20-6-4-12)11(19)14-8(10(17)18)1-2-9(15)16/h8H,1-7,13H2,(H,14,19)(H,15,16)(H,17,18). The predicted molar refractivity (Wildman–Crippen MR) is 68.0 cm³/mol. The summed E-state index contributed by atoms with van der Waals surface area (Å²) < 4.78 is 5.18. The Morgan fingerprint density at radius 3 is 2.30 bits per heavy atom. The van der Waals surface area contributed by atoms with E-state index in [1.165, 1.54) is 0 Å². The Balaban J connectivity index is 2.68. The molecule has 1 fully saturated rings. The molecule has 1 saturated heterocycles. The van der Waals surface area contributed by atoms with Gasteiger partial charge < -0.3 is 26.0 Å². The number of carboxylic acids is 2. The topological polar surface area (TPSA) is 139 Å². The number of hydrogen-bond acceptors (Lipinski definition) is 5. The lowest BCUT2D eigenvalue weighted by Gasteiger charge is -2.35. The Labute approximate surface area is 116 Å². The smallest absolute Gasteiger partial charge is 0.326 e. The van der Waals surface area contributed by atoms with Crippen LogP contribution in [-0.2, 0) is 19.1 Å². The Hall–Kier alpha value is -1.67. The molecule has 8 heteroatoms. The van der Waals surface area contributed by atoms with E-state index in [2.05, 4.69) is 5.32 Å². The Kier molecular flexibility index (Phi) is 5.90. The average molecular weight is 288 g/mol. The Bertz CT molecular complexity index is 378. The predicted octanol–water partition coefficient (Wildman–Crippen LogP) is -0.824. The lowest BCUT2D eigenvalue weighted by atomic mass is 9.79. The van der Waals surface area contributed by atoms with Gasteiger partial charge in [0.15, 0.2) is 0 Å². The van der Waals surface area contributed by atoms with Gasteiger partial charge in [0.05, 0.1) is 5.41 Å². The number of carbonyl (C=O) groups excluding carboxylic acids is 1. The van der Waals surface area contributed by atoms with Crippen LogP contribution in [0.15, 0.2) is 0 Å². The van der Waals surface area contributed by atoms with Gasteiger partial charge in [0.1, 0.15) is 6.04 Å². The van der Waals surface area contributed by atoms with Crippen LogP contribution in [0.3, 0.4) is 0 Å². The number of carboxylic acid groups (broad SMARTS) is 2. The Morgan fingerprint density at radius 2 is 1.85 bits per heavy atom. The average Bonchev–Trinajstić information content (AvgIpc) is 2.43. The monoisotopic (exact) mass is 288 g/mol. The number of ether oxygens (including phenoxy) is 1. The highest BCUT2D eigenvalue weighted by atomic mass is 16.5. The maximum atomic E-state index is 12.3. The highest BCUT2D eigenvalue weighted by molar-refractivity contribution is 5.88. The fourth-order valence-electron chi connectivity index (χ4n) is 2.12. The number of carbonyl (C=O) groups is 3. The van der Waals surface area contributed by atoms with E-state index in [1.54, 1.807) is 0 Å². The van der Waals surface area contributed by atoms with Crippen molar-refractivity contribution in [1.82, 2.24) is 5.32 Å². The molecule has 8 nitrogen and oxygen atoms in total. The first kappa shape index (κ1) is 16.4. The zero-order valence-corrected chi connectivity index (χ0v) is 11.1. The summed E-state index contributed by atoms with van der Waals surface area (Å²) in [6.07, 6.45) is 0.380. The molecule has 1 amide bonds. The van der Waals surface area contributed by atoms with Crippen molar-refractivity contribution in [3.63, 3.8) is 0 Å². The fourth-order valence-corrected chi connectivity index (χ4v) is 2.12. The van der Waals surface area contributed by atoms with Crippen molar-refractivity contribution in [3.8, 4) is 0 Å². The highest BCUT2D eigenvalue weighted by Crippen LogP contribution is 2.29. The quantitative estimate of drug-likeness (QED) is 0.479. The molecule has 1 heterocycles. The molecular weight excluding hydrogens is 268 g/mol. The first-order valence-corrected chi connectivity index (χ1v) is 6.44. The molecule has 0 radical (unpaired) electrons. The van der Waals surface area contributed by atoms with Gasteiger partial charge in [-0.25, -0.2) is 4.79 Å². The molecule has 0 aromatic rings. The molecule has 0 bridgehead atoms. The van der Waals surface area contributed by atoms with Crippen LogP contribution in [-0.4, -0.2) is 53.9 Å². The zero-order chi connectivity index (χ0) is 15.2. The van der Waals surface area contributed by atoms with E-state index in [0.717, 1.165) is 0 Å². The summed E-state index contributed by atoms with van der Waals surface area (Å²) in [7, 11) is 0. The van der Waals surface area contributed by atoms with Crippen LogP contribution in [0.1, 0.15) is 25.7 Å². The van der Waals surface area contributed by atoms with Gasteiger partial charge in [-0.2, -0.15) is 0 Å². The van der Waals surface area contributed by atoms with Crippen LogP contribution < -0.4 is 11.1 Å². The number of hydrogen-bond donors (Lipinski definition) is 4. The number of nitrogens with two attached hydrogens (primary N) is 1. The van der Waals surface area contributed by atoms with Crippen LogP contribution in [0, 0.1) is 5.41 Å². The van der Waals surface area contributed by atoms with Crippen molar-refractivity contribution in [1.29, 1.82) is 0 Å². The lowest BCUT2D eigenvalue weighted by molar-refractivity contribution is -0.146. The maximum Gasteiger partial charge on any atom is 0.326 e. The van der Waals surface area contributed by atoms with Crippen molar-refractivity contribution in [2.75, 3.05) is 19.8 Å². The van der Waals surface area contributed by atoms with E-state index in [1.807, 2.05) is 0 Å². The first-order valence-electron chi connectivity index (χ1n) is 6.44. The van der Waals surface area contributed by atoms with Crippen molar-refractivity contribution in [2.45, 2.75) is 31.7 Å². The van der Waals surface area contributed by atoms with Gasteiger partial charge in [-0.1, -0.05) is 0 Å². The van der Waals surface area contributed by atoms with E-state index in [4.69, 9.17) is 20.7 Å². The number of rotatable bonds is 7. The van der Waals surface area contributed by atoms with Gasteiger partial charge in [-0.3, -0.25) is 9.59 Å². The molecule has 0 aliphatic carbocycles. The molecule has 1 unspecified atom stereocenters. The van der Waals surface area contributed by atoms with Gasteiger partial charge in [-0.15, -0.1) is 0 Å². The van der Waals surface area contributed by atoms with Gasteiger partial charge in [-0.05, 0) is 19.3 Å². The molecule has 0 spiro atoms. The van der Waals surface area contributed by atoms with E-state index in [-0.39, 0.29) is 19.4 Å². The summed E-state index contributed by atoms with van der Waals surface area (Å²) in [6, 6.07) is -1.22. The molecule has 114 valence electrons. The van der Waals surface area contributed by atoms with Crippen LogP contribution in [0.5, 0.6) is 0 Å². The zero-order valence-electron chi connectivity index (χ0n) is 11.1. The van der Waals surface area contributed by atoms with Gasteiger partial charge in [0.25, 0.3) is 0 Å². The molecule has 1 atom stereocenters. The second kappa shape index (κ2) is 7.20. The minimum absolute atomic E-state index is 0.105. The normalized spacial score (nSPS) is 19.1. The lowest BCUT2D eigenvalue weighted by Crippen LogP contribution is -2.53. The second-order valence-electron chi connectivity index (χ2n) is 4.89. The number of nitrogens with one attached hydrogen (secondary N) is 1. The molecule has 1 aliphatic heterocycles. The third kappa shape index (κ3) is 4.17. The van der Waals surface area contributed by atoms with Gasteiger partial charge >= 0.3 is 11.9 Å². The van der Waals surface area contributed by atoms with E-state index in [0.29, 0.717) is 26.1 Å². The van der Waals surface area contributed by atoms with E-state index >= 15 is 0 Å². The summed E-state index contributed by atoms with van der Waals surface area (Å²) in [5, 5.41) is 20.0. The third-order valence-electron chi connectivity index (χ3n) is 3.57. The molecular formula is C12H20N2O6. The molecule has 5 N–H and O–H groups in total. The second-order valence-corrected chi connectivity index (χ2v) is 4.89. The molecule has 0 saturated carbocycles. The van der Waals surface area contributed by atoms with Crippen molar-refractivity contribution in [2.24, 2.45) is 11.1 Å². The summed E-state index contributed by atoms with van der Waals surface area (Å²) in [5.74, 6) is -2.80. The minimum Gasteiger partial charge on any atom is -0.481 e. The van der Waals surface area contributed by atoms with Crippen LogP contribution >= 0.6 is 0 Å². The summed E-state index contributed by atoms with van der Waals surface area (Å²) >= 11 is 0. The fraction of sp³-hybridized carbons (Fsp3) is 0.750. The molecule has 1 rings (SSSR count). The SMILES string of the molecule is NCC1(C(=O)NC(CCC(=O)O)C(=O)O)CCOCC1. The van der Waals surface area contributed by atoms with E-state index < -0.39 is 29.3 Å². The molecule has 0 aromatic heterocycles. The number of aliphatic carboxylic acids is 2. The van der Waals surface area contributed by atoms with Gasteiger partial charge in [0.2, 0.25) is 5.91 Å². The largest absolute Gasteiger partial charge is 0.481 e. The molecule has 0 aromatic carbocycles. The summed E-state index contributed by atoms with van der Waals surface area (Å²) in [5.41, 5.74) is 4.83. The Morgan fingerprint density at radius 1 is 1.25 bits per heavy atom. The van der Waals surface area contributed by atoms with E-state index in [9.17, 15) is 14.4 Å². The minimum atomic E-state index is -1.25. The maximum absolute atomic E-state index is 12.3. The van der Waals surface area contributed by atoms with Crippen LogP contribution in [0.25, 0.3) is 0 Å². The number of amides is 1. The van der Waals surface area contributed by atoms with Crippen LogP contribution in [0.4, 0.5) is 0 Å². The highest BCUT2D eigenvalue weighted by Gasteiger charge is 2.40. The summed E-state index contributed by atoms with van der Waals surface area (Å²) in [6.45, 7) is 0.905. The third-order valence-corrected chi connectivity index (χ3v) is 3.57. The molecule has 20 heavy (non-hydrogen) atoms. The van der Waals surface area contributed by atoms with Crippen LogP contribution in [0.2, 0.25) is 0 Å². The first-order chi connectivity index (χ1) is 9.41. The van der Waals surface area contributed by atoms with Gasteiger partial charge in [0, 0.05) is 26.2 Å². The molecule has 1 aliphatic rings. The van der Waals surface area contributed by atoms with Crippen molar-refractivity contribution in [3.05, 3.63) is 0 Å². The van der Waals surface area contributed by atoms with Crippen molar-refractivity contribution < 1.29 is 29.3 Å².